The lowest BCUT2D eigenvalue weighted by atomic mass is 9.99. The maximum Gasteiger partial charge on any atom is 0.258 e. The standard InChI is InChI=1S/C7H11F2N.CH4/c1-6-2-3-10-4-5(6)7(6,8)9;/h5,10H,2-4H2,1H3;1H4. The Bertz CT molecular complexity index is 169. The van der Waals surface area contributed by atoms with E-state index < -0.39 is 11.3 Å². The summed E-state index contributed by atoms with van der Waals surface area (Å²) in [6.07, 6.45) is 0.630. The Morgan fingerprint density at radius 2 is 2.09 bits per heavy atom. The molecule has 66 valence electrons. The van der Waals surface area contributed by atoms with Crippen LogP contribution in [0.3, 0.4) is 0 Å². The molecule has 2 unspecified atom stereocenters. The van der Waals surface area contributed by atoms with E-state index in [0.717, 1.165) is 6.54 Å². The zero-order chi connectivity index (χ0) is 7.41. The van der Waals surface area contributed by atoms with Crippen molar-refractivity contribution < 1.29 is 8.78 Å². The Balaban J connectivity index is 0.000000605. The molecule has 1 aliphatic heterocycles. The average Bonchev–Trinajstić information content (AvgIpc) is 2.30. The lowest BCUT2D eigenvalue weighted by Crippen LogP contribution is -2.27. The minimum absolute atomic E-state index is 0. The van der Waals surface area contributed by atoms with Crippen molar-refractivity contribution in [2.75, 3.05) is 13.1 Å². The molecule has 1 aliphatic carbocycles. The van der Waals surface area contributed by atoms with Gasteiger partial charge in [-0.15, -0.1) is 0 Å². The van der Waals surface area contributed by atoms with Crippen LogP contribution < -0.4 is 5.32 Å². The molecule has 0 aromatic carbocycles. The van der Waals surface area contributed by atoms with Gasteiger partial charge in [0.15, 0.2) is 0 Å². The van der Waals surface area contributed by atoms with Gasteiger partial charge < -0.3 is 5.32 Å². The van der Waals surface area contributed by atoms with Crippen LogP contribution in [0.1, 0.15) is 20.8 Å². The first-order chi connectivity index (χ1) is 4.59. The van der Waals surface area contributed by atoms with Crippen LogP contribution in [0.15, 0.2) is 0 Å². The number of alkyl halides is 2. The fraction of sp³-hybridized carbons (Fsp3) is 1.00. The molecule has 1 heterocycles. The summed E-state index contributed by atoms with van der Waals surface area (Å²) in [7, 11) is 0. The highest BCUT2D eigenvalue weighted by Gasteiger charge is 2.77. The van der Waals surface area contributed by atoms with Crippen molar-refractivity contribution in [2.24, 2.45) is 11.3 Å². The summed E-state index contributed by atoms with van der Waals surface area (Å²) in [5.74, 6) is -2.76. The lowest BCUT2D eigenvalue weighted by Gasteiger charge is -2.15. The molecule has 0 aromatic heterocycles. The minimum Gasteiger partial charge on any atom is -0.316 e. The summed E-state index contributed by atoms with van der Waals surface area (Å²) >= 11 is 0. The van der Waals surface area contributed by atoms with Gasteiger partial charge in [-0.05, 0) is 13.0 Å². The normalized spacial score (nSPS) is 45.5. The minimum atomic E-state index is -2.38. The average molecular weight is 163 g/mol. The highest BCUT2D eigenvalue weighted by molar-refractivity contribution is 5.17. The summed E-state index contributed by atoms with van der Waals surface area (Å²) in [5, 5.41) is 2.98. The Kier molecular flexibility index (Phi) is 1.75. The topological polar surface area (TPSA) is 12.0 Å². The monoisotopic (exact) mass is 163 g/mol. The van der Waals surface area contributed by atoms with Crippen LogP contribution in [0.4, 0.5) is 8.78 Å². The van der Waals surface area contributed by atoms with Crippen LogP contribution in [0.25, 0.3) is 0 Å². The molecule has 0 amide bonds. The van der Waals surface area contributed by atoms with Gasteiger partial charge in [-0.3, -0.25) is 0 Å². The van der Waals surface area contributed by atoms with Gasteiger partial charge in [0.1, 0.15) is 0 Å². The highest BCUT2D eigenvalue weighted by atomic mass is 19.3. The van der Waals surface area contributed by atoms with E-state index in [2.05, 4.69) is 5.32 Å². The second-order valence-electron chi connectivity index (χ2n) is 3.55. The number of nitrogens with one attached hydrogen (secondary N) is 1. The van der Waals surface area contributed by atoms with Crippen LogP contribution in [0, 0.1) is 11.3 Å². The molecular weight excluding hydrogens is 148 g/mol. The van der Waals surface area contributed by atoms with Gasteiger partial charge in [-0.25, -0.2) is 8.78 Å². The first-order valence-corrected chi connectivity index (χ1v) is 3.67. The molecule has 2 rings (SSSR count). The van der Waals surface area contributed by atoms with E-state index in [0.29, 0.717) is 13.0 Å². The molecule has 11 heavy (non-hydrogen) atoms. The first-order valence-electron chi connectivity index (χ1n) is 3.67. The molecule has 2 aliphatic rings. The lowest BCUT2D eigenvalue weighted by molar-refractivity contribution is 0.0636. The van der Waals surface area contributed by atoms with E-state index in [4.69, 9.17) is 0 Å². The van der Waals surface area contributed by atoms with Crippen molar-refractivity contribution in [3.8, 4) is 0 Å². The molecule has 2 fully saturated rings. The maximum atomic E-state index is 12.8. The van der Waals surface area contributed by atoms with Crippen molar-refractivity contribution in [2.45, 2.75) is 26.7 Å². The number of fused-ring (bicyclic) bond motifs is 1. The fourth-order valence-electron chi connectivity index (χ4n) is 1.96. The summed E-state index contributed by atoms with van der Waals surface area (Å²) in [6, 6.07) is 0. The molecule has 1 saturated carbocycles. The summed E-state index contributed by atoms with van der Waals surface area (Å²) in [5.41, 5.74) is -0.655. The van der Waals surface area contributed by atoms with Crippen molar-refractivity contribution in [1.82, 2.24) is 5.32 Å². The molecule has 1 saturated heterocycles. The quantitative estimate of drug-likeness (QED) is 0.575. The van der Waals surface area contributed by atoms with Crippen LogP contribution >= 0.6 is 0 Å². The van der Waals surface area contributed by atoms with Gasteiger partial charge in [0.25, 0.3) is 5.92 Å². The first kappa shape index (κ1) is 8.91. The number of hydrogen-bond donors (Lipinski definition) is 1. The van der Waals surface area contributed by atoms with Gasteiger partial charge in [0.2, 0.25) is 0 Å². The van der Waals surface area contributed by atoms with Crippen LogP contribution in [0.2, 0.25) is 0 Å². The van der Waals surface area contributed by atoms with E-state index in [-0.39, 0.29) is 13.3 Å². The Hall–Kier alpha value is -0.180. The number of hydrogen-bond acceptors (Lipinski definition) is 1. The molecule has 1 nitrogen and oxygen atoms in total. The summed E-state index contributed by atoms with van der Waals surface area (Å²) in [6.45, 7) is 2.95. The molecular formula is C8H15F2N. The predicted molar refractivity (Wildman–Crippen MR) is 40.8 cm³/mol. The summed E-state index contributed by atoms with van der Waals surface area (Å²) < 4.78 is 25.7. The Labute approximate surface area is 66.2 Å². The van der Waals surface area contributed by atoms with Gasteiger partial charge >= 0.3 is 0 Å². The predicted octanol–water partition coefficient (Wildman–Crippen LogP) is 1.89. The Morgan fingerprint density at radius 3 is 2.45 bits per heavy atom. The third-order valence-electron chi connectivity index (χ3n) is 3.05. The third kappa shape index (κ3) is 0.835. The molecule has 0 bridgehead atoms. The molecule has 0 aromatic rings. The number of halogens is 2. The van der Waals surface area contributed by atoms with E-state index in [1.54, 1.807) is 6.92 Å². The van der Waals surface area contributed by atoms with Crippen molar-refractivity contribution in [1.29, 1.82) is 0 Å². The van der Waals surface area contributed by atoms with Crippen molar-refractivity contribution >= 4 is 0 Å². The maximum absolute atomic E-state index is 12.8. The SMILES string of the molecule is C.CC12CCNCC1C2(F)F. The molecule has 1 N–H and O–H groups in total. The summed E-state index contributed by atoms with van der Waals surface area (Å²) in [4.78, 5) is 0. The van der Waals surface area contributed by atoms with Crippen LogP contribution in [0.5, 0.6) is 0 Å². The highest BCUT2D eigenvalue weighted by Crippen LogP contribution is 2.68. The van der Waals surface area contributed by atoms with Crippen molar-refractivity contribution in [3.63, 3.8) is 0 Å². The molecule has 3 heteroatoms. The van der Waals surface area contributed by atoms with E-state index in [1.165, 1.54) is 0 Å². The molecule has 2 atom stereocenters. The van der Waals surface area contributed by atoms with E-state index >= 15 is 0 Å². The van der Waals surface area contributed by atoms with Gasteiger partial charge in [-0.1, -0.05) is 14.4 Å². The van der Waals surface area contributed by atoms with Crippen LogP contribution in [-0.4, -0.2) is 19.0 Å². The Morgan fingerprint density at radius 1 is 1.45 bits per heavy atom. The number of piperidine rings is 1. The fourth-order valence-corrected chi connectivity index (χ4v) is 1.96. The molecule has 0 spiro atoms. The van der Waals surface area contributed by atoms with E-state index in [9.17, 15) is 8.78 Å². The largest absolute Gasteiger partial charge is 0.316 e. The van der Waals surface area contributed by atoms with Gasteiger partial charge in [-0.2, -0.15) is 0 Å². The van der Waals surface area contributed by atoms with Crippen LogP contribution in [-0.2, 0) is 0 Å². The second kappa shape index (κ2) is 2.16. The smallest absolute Gasteiger partial charge is 0.258 e. The zero-order valence-electron chi connectivity index (χ0n) is 5.95. The van der Waals surface area contributed by atoms with Gasteiger partial charge in [0, 0.05) is 17.9 Å². The van der Waals surface area contributed by atoms with E-state index in [1.807, 2.05) is 0 Å². The molecule has 0 radical (unpaired) electrons. The van der Waals surface area contributed by atoms with Crippen molar-refractivity contribution in [3.05, 3.63) is 0 Å². The number of rotatable bonds is 0. The third-order valence-corrected chi connectivity index (χ3v) is 3.05. The van der Waals surface area contributed by atoms with Gasteiger partial charge in [0.05, 0.1) is 0 Å². The second-order valence-corrected chi connectivity index (χ2v) is 3.55. The zero-order valence-corrected chi connectivity index (χ0v) is 5.95.